The van der Waals surface area contributed by atoms with Crippen molar-refractivity contribution in [3.63, 3.8) is 0 Å². The summed E-state index contributed by atoms with van der Waals surface area (Å²) in [4.78, 5) is 23.8. The number of anilines is 1. The molecule has 0 atom stereocenters. The predicted octanol–water partition coefficient (Wildman–Crippen LogP) is 3.95. The molecule has 0 aliphatic heterocycles. The fourth-order valence-corrected chi connectivity index (χ4v) is 3.15. The fraction of sp³-hybridized carbons (Fsp3) is 0.467. The maximum absolute atomic E-state index is 12.5. The van der Waals surface area contributed by atoms with Gasteiger partial charge in [-0.25, -0.2) is 4.79 Å². The van der Waals surface area contributed by atoms with Crippen molar-refractivity contribution in [3.8, 4) is 0 Å². The first-order valence-corrected chi connectivity index (χ1v) is 7.21. The van der Waals surface area contributed by atoms with Crippen LogP contribution >= 0.6 is 11.6 Å². The maximum Gasteiger partial charge on any atom is 0.339 e. The average Bonchev–Trinajstić information content (AvgIpc) is 2.88. The Balaban J connectivity index is 2.28. The second-order valence-electron chi connectivity index (χ2n) is 5.26. The zero-order valence-electron chi connectivity index (χ0n) is 11.4. The number of rotatable bonds is 4. The van der Waals surface area contributed by atoms with E-state index in [9.17, 15) is 14.7 Å². The Kier molecular flexibility index (Phi) is 4.33. The Hall–Kier alpha value is -1.55. The van der Waals surface area contributed by atoms with Crippen LogP contribution in [0.15, 0.2) is 18.2 Å². The molecule has 0 spiro atoms. The van der Waals surface area contributed by atoms with Crippen molar-refractivity contribution in [1.29, 1.82) is 0 Å². The van der Waals surface area contributed by atoms with E-state index in [4.69, 9.17) is 11.6 Å². The number of hydrogen-bond donors (Lipinski definition) is 2. The highest BCUT2D eigenvalue weighted by Crippen LogP contribution is 2.42. The van der Waals surface area contributed by atoms with Crippen LogP contribution in [0.3, 0.4) is 0 Å². The third-order valence-electron chi connectivity index (χ3n) is 4.19. The Morgan fingerprint density at radius 3 is 2.55 bits per heavy atom. The lowest BCUT2D eigenvalue weighted by Gasteiger charge is -2.26. The molecule has 108 valence electrons. The van der Waals surface area contributed by atoms with Crippen molar-refractivity contribution in [2.45, 2.75) is 39.0 Å². The molecular formula is C15H18ClNO3. The monoisotopic (exact) mass is 295 g/mol. The lowest BCUT2D eigenvalue weighted by atomic mass is 9.82. The van der Waals surface area contributed by atoms with E-state index < -0.39 is 5.97 Å². The third-order valence-corrected chi connectivity index (χ3v) is 4.51. The van der Waals surface area contributed by atoms with Crippen LogP contribution in [0.4, 0.5) is 5.69 Å². The standard InChI is InChI=1S/C15H18ClNO3/c1-2-15(8-3-4-9-15)14(20)17-11-7-5-6-10(16)12(11)13(18)19/h5-7H,2-4,8-9H2,1H3,(H,17,20)(H,18,19). The molecule has 0 heterocycles. The lowest BCUT2D eigenvalue weighted by molar-refractivity contribution is -0.125. The molecule has 4 nitrogen and oxygen atoms in total. The molecule has 20 heavy (non-hydrogen) atoms. The van der Waals surface area contributed by atoms with Crippen molar-refractivity contribution < 1.29 is 14.7 Å². The van der Waals surface area contributed by atoms with Crippen molar-refractivity contribution >= 4 is 29.2 Å². The van der Waals surface area contributed by atoms with E-state index >= 15 is 0 Å². The summed E-state index contributed by atoms with van der Waals surface area (Å²) in [5.74, 6) is -1.23. The van der Waals surface area contributed by atoms with E-state index in [2.05, 4.69) is 5.32 Å². The van der Waals surface area contributed by atoms with Crippen molar-refractivity contribution in [3.05, 3.63) is 28.8 Å². The van der Waals surface area contributed by atoms with Gasteiger partial charge in [0.1, 0.15) is 5.56 Å². The Morgan fingerprint density at radius 2 is 2.00 bits per heavy atom. The van der Waals surface area contributed by atoms with Gasteiger partial charge in [0, 0.05) is 5.41 Å². The van der Waals surface area contributed by atoms with Crippen molar-refractivity contribution in [2.24, 2.45) is 5.41 Å². The fourth-order valence-electron chi connectivity index (χ4n) is 2.89. The first-order valence-electron chi connectivity index (χ1n) is 6.83. The van der Waals surface area contributed by atoms with Gasteiger partial charge in [-0.3, -0.25) is 4.79 Å². The minimum Gasteiger partial charge on any atom is -0.478 e. The molecule has 1 aromatic rings. The van der Waals surface area contributed by atoms with Crippen molar-refractivity contribution in [2.75, 3.05) is 5.32 Å². The predicted molar refractivity (Wildman–Crippen MR) is 78.2 cm³/mol. The second-order valence-corrected chi connectivity index (χ2v) is 5.67. The van der Waals surface area contributed by atoms with Gasteiger partial charge in [-0.2, -0.15) is 0 Å². The number of benzene rings is 1. The zero-order chi connectivity index (χ0) is 14.8. The van der Waals surface area contributed by atoms with Crippen LogP contribution in [0.2, 0.25) is 5.02 Å². The molecule has 0 saturated heterocycles. The van der Waals surface area contributed by atoms with E-state index in [0.29, 0.717) is 0 Å². The molecule has 1 aromatic carbocycles. The maximum atomic E-state index is 12.5. The van der Waals surface area contributed by atoms with Crippen molar-refractivity contribution in [1.82, 2.24) is 0 Å². The van der Waals surface area contributed by atoms with Crippen LogP contribution in [-0.2, 0) is 4.79 Å². The van der Waals surface area contributed by atoms with Crippen LogP contribution in [-0.4, -0.2) is 17.0 Å². The molecule has 1 aliphatic rings. The largest absolute Gasteiger partial charge is 0.478 e. The van der Waals surface area contributed by atoms with Crippen LogP contribution in [0.25, 0.3) is 0 Å². The molecule has 0 radical (unpaired) electrons. The van der Waals surface area contributed by atoms with Crippen LogP contribution in [0.5, 0.6) is 0 Å². The van der Waals surface area contributed by atoms with Gasteiger partial charge in [-0.1, -0.05) is 37.4 Å². The minimum atomic E-state index is -1.14. The summed E-state index contributed by atoms with van der Waals surface area (Å²) in [5, 5.41) is 12.1. The van der Waals surface area contributed by atoms with Gasteiger partial charge in [0.25, 0.3) is 0 Å². The number of aromatic carboxylic acids is 1. The molecule has 2 N–H and O–H groups in total. The van der Waals surface area contributed by atoms with Crippen LogP contribution in [0, 0.1) is 5.41 Å². The topological polar surface area (TPSA) is 66.4 Å². The summed E-state index contributed by atoms with van der Waals surface area (Å²) >= 11 is 5.90. The molecule has 0 aromatic heterocycles. The molecule has 0 unspecified atom stereocenters. The molecule has 5 heteroatoms. The number of carbonyl (C=O) groups excluding carboxylic acids is 1. The molecule has 2 rings (SSSR count). The van der Waals surface area contributed by atoms with E-state index in [0.717, 1.165) is 32.1 Å². The molecule has 1 amide bonds. The summed E-state index contributed by atoms with van der Waals surface area (Å²) < 4.78 is 0. The number of amides is 1. The number of carboxylic acids is 1. The van der Waals surface area contributed by atoms with Gasteiger partial charge in [0.15, 0.2) is 0 Å². The summed E-state index contributed by atoms with van der Waals surface area (Å²) in [6, 6.07) is 4.72. The van der Waals surface area contributed by atoms with E-state index in [-0.39, 0.29) is 27.6 Å². The van der Waals surface area contributed by atoms with Gasteiger partial charge < -0.3 is 10.4 Å². The van der Waals surface area contributed by atoms with Gasteiger partial charge in [-0.05, 0) is 31.4 Å². The summed E-state index contributed by atoms with van der Waals surface area (Å²) in [6.07, 6.45) is 4.57. The van der Waals surface area contributed by atoms with E-state index in [1.165, 1.54) is 6.07 Å². The highest BCUT2D eigenvalue weighted by Gasteiger charge is 2.39. The quantitative estimate of drug-likeness (QED) is 0.884. The minimum absolute atomic E-state index is 0.0493. The normalized spacial score (nSPS) is 16.9. The Morgan fingerprint density at radius 1 is 1.35 bits per heavy atom. The SMILES string of the molecule is CCC1(C(=O)Nc2cccc(Cl)c2C(=O)O)CCCC1. The number of nitrogens with one attached hydrogen (secondary N) is 1. The first kappa shape index (κ1) is 14.9. The van der Waals surface area contributed by atoms with Gasteiger partial charge in [0.05, 0.1) is 10.7 Å². The number of carbonyl (C=O) groups is 2. The number of halogens is 1. The Labute approximate surface area is 123 Å². The smallest absolute Gasteiger partial charge is 0.339 e. The summed E-state index contributed by atoms with van der Waals surface area (Å²) in [5.41, 5.74) is -0.139. The van der Waals surface area contributed by atoms with E-state index in [1.807, 2.05) is 6.92 Å². The molecule has 1 fully saturated rings. The summed E-state index contributed by atoms with van der Waals surface area (Å²) in [7, 11) is 0. The highest BCUT2D eigenvalue weighted by atomic mass is 35.5. The zero-order valence-corrected chi connectivity index (χ0v) is 12.2. The number of carboxylic acid groups (broad SMARTS) is 1. The van der Waals surface area contributed by atoms with Gasteiger partial charge in [0.2, 0.25) is 5.91 Å². The molecular weight excluding hydrogens is 278 g/mol. The van der Waals surface area contributed by atoms with Gasteiger partial charge >= 0.3 is 5.97 Å². The molecule has 1 aliphatic carbocycles. The molecule has 1 saturated carbocycles. The summed E-state index contributed by atoms with van der Waals surface area (Å²) in [6.45, 7) is 2.00. The van der Waals surface area contributed by atoms with Gasteiger partial charge in [-0.15, -0.1) is 0 Å². The second kappa shape index (κ2) is 5.83. The van der Waals surface area contributed by atoms with E-state index in [1.54, 1.807) is 12.1 Å². The van der Waals surface area contributed by atoms with Crippen LogP contribution < -0.4 is 5.32 Å². The average molecular weight is 296 g/mol. The molecule has 0 bridgehead atoms. The highest BCUT2D eigenvalue weighted by molar-refractivity contribution is 6.34. The first-order chi connectivity index (χ1) is 9.50. The number of hydrogen-bond acceptors (Lipinski definition) is 2. The van der Waals surface area contributed by atoms with Crippen LogP contribution in [0.1, 0.15) is 49.4 Å². The third kappa shape index (κ3) is 2.66. The lowest BCUT2D eigenvalue weighted by Crippen LogP contribution is -2.33. The Bertz CT molecular complexity index is 536.